The van der Waals surface area contributed by atoms with E-state index in [1.807, 2.05) is 0 Å². The Bertz CT molecular complexity index is 186. The molecular weight excluding hydrogens is 208 g/mol. The molecule has 0 aromatic rings. The molecule has 1 saturated heterocycles. The van der Waals surface area contributed by atoms with Crippen LogP contribution in [0.4, 0.5) is 0 Å². The summed E-state index contributed by atoms with van der Waals surface area (Å²) in [7, 11) is 2.25. The molecule has 0 spiro atoms. The first-order chi connectivity index (χ1) is 7.24. The van der Waals surface area contributed by atoms with Crippen LogP contribution in [-0.4, -0.2) is 54.9 Å². The highest BCUT2D eigenvalue weighted by Gasteiger charge is 2.27. The van der Waals surface area contributed by atoms with Gasteiger partial charge in [0.25, 0.3) is 0 Å². The molecule has 2 rings (SSSR count). The van der Waals surface area contributed by atoms with Crippen LogP contribution in [0.25, 0.3) is 0 Å². The zero-order chi connectivity index (χ0) is 10.7. The lowest BCUT2D eigenvalue weighted by Gasteiger charge is -2.34. The molecule has 1 aliphatic carbocycles. The van der Waals surface area contributed by atoms with Gasteiger partial charge in [0, 0.05) is 25.0 Å². The molecule has 0 aromatic carbocycles. The zero-order valence-corrected chi connectivity index (χ0v) is 10.5. The van der Waals surface area contributed by atoms with Crippen LogP contribution in [0.3, 0.4) is 0 Å². The normalized spacial score (nSPS) is 32.2. The molecule has 0 atom stereocenters. The lowest BCUT2D eigenvalue weighted by molar-refractivity contribution is 0.189. The standard InChI is InChI=1S/C12H23ClN2/c1-14(10-11-8-12(13)9-11)6-7-15-4-2-3-5-15/h11-12H,2-10H2,1H3. The smallest absolute Gasteiger partial charge is 0.0342 e. The van der Waals surface area contributed by atoms with Crippen molar-refractivity contribution in [3.8, 4) is 0 Å². The highest BCUT2D eigenvalue weighted by molar-refractivity contribution is 6.21. The summed E-state index contributed by atoms with van der Waals surface area (Å²) < 4.78 is 0. The van der Waals surface area contributed by atoms with Crippen molar-refractivity contribution in [2.45, 2.75) is 31.1 Å². The van der Waals surface area contributed by atoms with Crippen molar-refractivity contribution >= 4 is 11.6 Å². The molecule has 0 radical (unpaired) electrons. The Morgan fingerprint density at radius 3 is 2.53 bits per heavy atom. The van der Waals surface area contributed by atoms with Crippen LogP contribution in [0.2, 0.25) is 0 Å². The predicted octanol–water partition coefficient (Wildman–Crippen LogP) is 2.03. The lowest BCUT2D eigenvalue weighted by Crippen LogP contribution is -2.38. The number of alkyl halides is 1. The largest absolute Gasteiger partial charge is 0.305 e. The molecule has 1 aliphatic heterocycles. The van der Waals surface area contributed by atoms with Crippen LogP contribution in [0.5, 0.6) is 0 Å². The second kappa shape index (κ2) is 5.51. The maximum absolute atomic E-state index is 5.98. The Labute approximate surface area is 98.6 Å². The van der Waals surface area contributed by atoms with Gasteiger partial charge in [0.2, 0.25) is 0 Å². The van der Waals surface area contributed by atoms with E-state index in [0.717, 1.165) is 5.92 Å². The van der Waals surface area contributed by atoms with Crippen molar-refractivity contribution in [1.29, 1.82) is 0 Å². The van der Waals surface area contributed by atoms with Crippen molar-refractivity contribution < 1.29 is 0 Å². The van der Waals surface area contributed by atoms with Gasteiger partial charge in [-0.1, -0.05) is 0 Å². The second-order valence-corrected chi connectivity index (χ2v) is 5.86. The van der Waals surface area contributed by atoms with Crippen LogP contribution in [0, 0.1) is 5.92 Å². The third-order valence-electron chi connectivity index (χ3n) is 3.74. The summed E-state index contributed by atoms with van der Waals surface area (Å²) in [4.78, 5) is 5.06. The maximum atomic E-state index is 5.98. The van der Waals surface area contributed by atoms with Crippen molar-refractivity contribution in [2.24, 2.45) is 5.92 Å². The highest BCUT2D eigenvalue weighted by atomic mass is 35.5. The molecule has 0 N–H and O–H groups in total. The molecule has 0 amide bonds. The van der Waals surface area contributed by atoms with E-state index in [9.17, 15) is 0 Å². The topological polar surface area (TPSA) is 6.48 Å². The third-order valence-corrected chi connectivity index (χ3v) is 4.10. The minimum Gasteiger partial charge on any atom is -0.305 e. The highest BCUT2D eigenvalue weighted by Crippen LogP contribution is 2.32. The Hall–Kier alpha value is 0.210. The number of likely N-dealkylation sites (tertiary alicyclic amines) is 1. The SMILES string of the molecule is CN(CCN1CCCC1)CC1CC(Cl)C1. The van der Waals surface area contributed by atoms with Crippen LogP contribution < -0.4 is 0 Å². The summed E-state index contributed by atoms with van der Waals surface area (Å²) >= 11 is 5.98. The molecule has 2 aliphatic rings. The molecule has 0 bridgehead atoms. The van der Waals surface area contributed by atoms with E-state index in [0.29, 0.717) is 5.38 Å². The molecule has 0 aromatic heterocycles. The van der Waals surface area contributed by atoms with Crippen LogP contribution in [-0.2, 0) is 0 Å². The number of rotatable bonds is 5. The molecule has 1 saturated carbocycles. The van der Waals surface area contributed by atoms with Gasteiger partial charge in [-0.25, -0.2) is 0 Å². The summed E-state index contributed by atoms with van der Waals surface area (Å²) in [6.45, 7) is 6.37. The quantitative estimate of drug-likeness (QED) is 0.667. The number of likely N-dealkylation sites (N-methyl/N-ethyl adjacent to an activating group) is 1. The first kappa shape index (κ1) is 11.7. The van der Waals surface area contributed by atoms with Gasteiger partial charge in [-0.05, 0) is 51.7 Å². The number of hydrogen-bond donors (Lipinski definition) is 0. The van der Waals surface area contributed by atoms with E-state index in [4.69, 9.17) is 11.6 Å². The van der Waals surface area contributed by atoms with Gasteiger partial charge in [0.05, 0.1) is 0 Å². The van der Waals surface area contributed by atoms with Crippen LogP contribution in [0.1, 0.15) is 25.7 Å². The predicted molar refractivity (Wildman–Crippen MR) is 65.5 cm³/mol. The summed E-state index contributed by atoms with van der Waals surface area (Å²) in [5, 5.41) is 0.474. The molecule has 1 heterocycles. The number of halogens is 1. The molecule has 0 unspecified atom stereocenters. The molecule has 88 valence electrons. The monoisotopic (exact) mass is 230 g/mol. The fourth-order valence-corrected chi connectivity index (χ4v) is 3.16. The first-order valence-corrected chi connectivity index (χ1v) is 6.72. The Morgan fingerprint density at radius 2 is 1.93 bits per heavy atom. The summed E-state index contributed by atoms with van der Waals surface area (Å²) in [6.07, 6.45) is 5.27. The minimum atomic E-state index is 0.474. The molecule has 3 heteroatoms. The van der Waals surface area contributed by atoms with Gasteiger partial charge in [-0.3, -0.25) is 0 Å². The zero-order valence-electron chi connectivity index (χ0n) is 9.79. The van der Waals surface area contributed by atoms with Gasteiger partial charge in [0.1, 0.15) is 0 Å². The summed E-state index contributed by atoms with van der Waals surface area (Å²) in [6, 6.07) is 0. The average Bonchev–Trinajstić information content (AvgIpc) is 2.65. The van der Waals surface area contributed by atoms with Crippen molar-refractivity contribution in [2.75, 3.05) is 39.8 Å². The lowest BCUT2D eigenvalue weighted by atomic mass is 9.84. The summed E-state index contributed by atoms with van der Waals surface area (Å²) in [5.74, 6) is 0.871. The van der Waals surface area contributed by atoms with Gasteiger partial charge >= 0.3 is 0 Å². The fourth-order valence-electron chi connectivity index (χ4n) is 2.65. The molecule has 2 nitrogen and oxygen atoms in total. The average molecular weight is 231 g/mol. The van der Waals surface area contributed by atoms with Gasteiger partial charge in [-0.15, -0.1) is 11.6 Å². The molecule has 15 heavy (non-hydrogen) atoms. The number of nitrogens with zero attached hydrogens (tertiary/aromatic N) is 2. The van der Waals surface area contributed by atoms with E-state index < -0.39 is 0 Å². The Balaban J connectivity index is 1.54. The van der Waals surface area contributed by atoms with E-state index >= 15 is 0 Å². The minimum absolute atomic E-state index is 0.474. The third kappa shape index (κ3) is 3.61. The second-order valence-electron chi connectivity index (χ2n) is 5.25. The van der Waals surface area contributed by atoms with Gasteiger partial charge < -0.3 is 9.80 Å². The van der Waals surface area contributed by atoms with Gasteiger partial charge in [-0.2, -0.15) is 0 Å². The number of hydrogen-bond acceptors (Lipinski definition) is 2. The molecule has 2 fully saturated rings. The van der Waals surface area contributed by atoms with Crippen molar-refractivity contribution in [3.05, 3.63) is 0 Å². The van der Waals surface area contributed by atoms with E-state index in [1.54, 1.807) is 0 Å². The van der Waals surface area contributed by atoms with E-state index in [1.165, 1.54) is 58.4 Å². The Morgan fingerprint density at radius 1 is 1.27 bits per heavy atom. The van der Waals surface area contributed by atoms with E-state index in [2.05, 4.69) is 16.8 Å². The molecular formula is C12H23ClN2. The van der Waals surface area contributed by atoms with Gasteiger partial charge in [0.15, 0.2) is 0 Å². The summed E-state index contributed by atoms with van der Waals surface area (Å²) in [5.41, 5.74) is 0. The van der Waals surface area contributed by atoms with Crippen molar-refractivity contribution in [3.63, 3.8) is 0 Å². The maximum Gasteiger partial charge on any atom is 0.0342 e. The van der Waals surface area contributed by atoms with Crippen LogP contribution >= 0.6 is 11.6 Å². The Kier molecular flexibility index (Phi) is 4.30. The van der Waals surface area contributed by atoms with Crippen molar-refractivity contribution in [1.82, 2.24) is 9.80 Å². The van der Waals surface area contributed by atoms with E-state index in [-0.39, 0.29) is 0 Å². The first-order valence-electron chi connectivity index (χ1n) is 6.29. The fraction of sp³-hybridized carbons (Fsp3) is 1.00. The van der Waals surface area contributed by atoms with Crippen LogP contribution in [0.15, 0.2) is 0 Å².